The second-order valence-corrected chi connectivity index (χ2v) is 10.1. The highest BCUT2D eigenvalue weighted by molar-refractivity contribution is 6.91. The fourth-order valence-corrected chi connectivity index (χ4v) is 6.34. The van der Waals surface area contributed by atoms with Gasteiger partial charge in [0.25, 0.3) is 0 Å². The average Bonchev–Trinajstić information content (AvgIpc) is 2.52. The third kappa shape index (κ3) is 2.44. The van der Waals surface area contributed by atoms with Gasteiger partial charge in [-0.15, -0.1) is 0 Å². The smallest absolute Gasteiger partial charge is 0.306 e. The SMILES string of the molecule is CCOC(=O)CC1C[Si](C)(C)c2ccccc21. The molecule has 2 nitrogen and oxygen atoms in total. The molecular weight excluding hydrogens is 228 g/mol. The van der Waals surface area contributed by atoms with E-state index in [0.717, 1.165) is 0 Å². The summed E-state index contributed by atoms with van der Waals surface area (Å²) in [5.74, 6) is 0.325. The van der Waals surface area contributed by atoms with Crippen LogP contribution in [0.2, 0.25) is 19.1 Å². The fraction of sp³-hybridized carbons (Fsp3) is 0.500. The van der Waals surface area contributed by atoms with Crippen LogP contribution < -0.4 is 5.19 Å². The third-order valence-corrected chi connectivity index (χ3v) is 7.03. The molecule has 0 N–H and O–H groups in total. The molecule has 1 aliphatic rings. The van der Waals surface area contributed by atoms with Crippen molar-refractivity contribution in [3.8, 4) is 0 Å². The van der Waals surface area contributed by atoms with E-state index in [0.29, 0.717) is 18.9 Å². The van der Waals surface area contributed by atoms with Crippen LogP contribution in [0.5, 0.6) is 0 Å². The summed E-state index contributed by atoms with van der Waals surface area (Å²) in [6, 6.07) is 9.78. The van der Waals surface area contributed by atoms with Crippen molar-refractivity contribution in [1.29, 1.82) is 0 Å². The zero-order valence-corrected chi connectivity index (χ0v) is 11.8. The van der Waals surface area contributed by atoms with Crippen LogP contribution in [-0.2, 0) is 9.53 Å². The van der Waals surface area contributed by atoms with Crippen LogP contribution in [-0.4, -0.2) is 20.7 Å². The third-order valence-electron chi connectivity index (χ3n) is 3.60. The van der Waals surface area contributed by atoms with Crippen molar-refractivity contribution in [2.24, 2.45) is 0 Å². The first-order chi connectivity index (χ1) is 8.04. The van der Waals surface area contributed by atoms with Crippen molar-refractivity contribution < 1.29 is 9.53 Å². The highest BCUT2D eigenvalue weighted by Gasteiger charge is 2.38. The molecule has 0 saturated carbocycles. The maximum absolute atomic E-state index is 11.6. The highest BCUT2D eigenvalue weighted by atomic mass is 28.3. The van der Waals surface area contributed by atoms with Crippen molar-refractivity contribution in [2.75, 3.05) is 6.61 Å². The van der Waals surface area contributed by atoms with Gasteiger partial charge in [0.05, 0.1) is 21.1 Å². The molecule has 0 amide bonds. The highest BCUT2D eigenvalue weighted by Crippen LogP contribution is 2.36. The lowest BCUT2D eigenvalue weighted by Crippen LogP contribution is -2.37. The Balaban J connectivity index is 2.20. The van der Waals surface area contributed by atoms with Gasteiger partial charge in [0.2, 0.25) is 0 Å². The predicted molar refractivity (Wildman–Crippen MR) is 72.4 cm³/mol. The van der Waals surface area contributed by atoms with Crippen molar-refractivity contribution in [1.82, 2.24) is 0 Å². The van der Waals surface area contributed by atoms with Crippen LogP contribution in [0.15, 0.2) is 24.3 Å². The van der Waals surface area contributed by atoms with E-state index in [1.165, 1.54) is 16.8 Å². The van der Waals surface area contributed by atoms with Crippen LogP contribution in [0.3, 0.4) is 0 Å². The number of hydrogen-bond donors (Lipinski definition) is 0. The molecule has 0 aliphatic carbocycles. The summed E-state index contributed by atoms with van der Waals surface area (Å²) in [6.07, 6.45) is 0.543. The van der Waals surface area contributed by atoms with Crippen molar-refractivity contribution in [3.05, 3.63) is 29.8 Å². The molecule has 1 atom stereocenters. The number of fused-ring (bicyclic) bond motifs is 1. The van der Waals surface area contributed by atoms with Gasteiger partial charge in [0, 0.05) is 0 Å². The van der Waals surface area contributed by atoms with E-state index in [1.54, 1.807) is 0 Å². The second kappa shape index (κ2) is 4.65. The molecular formula is C14H20O2Si. The van der Waals surface area contributed by atoms with E-state index in [9.17, 15) is 4.79 Å². The monoisotopic (exact) mass is 248 g/mol. The van der Waals surface area contributed by atoms with Gasteiger partial charge in [-0.1, -0.05) is 42.5 Å². The Morgan fingerprint density at radius 3 is 2.82 bits per heavy atom. The Kier molecular flexibility index (Phi) is 3.38. The lowest BCUT2D eigenvalue weighted by atomic mass is 9.98. The van der Waals surface area contributed by atoms with Gasteiger partial charge in [0.1, 0.15) is 0 Å². The Morgan fingerprint density at radius 1 is 1.41 bits per heavy atom. The summed E-state index contributed by atoms with van der Waals surface area (Å²) < 4.78 is 5.06. The lowest BCUT2D eigenvalue weighted by molar-refractivity contribution is -0.143. The molecule has 1 aromatic carbocycles. The first-order valence-corrected chi connectivity index (χ1v) is 9.50. The average molecular weight is 248 g/mol. The number of hydrogen-bond acceptors (Lipinski definition) is 2. The molecule has 92 valence electrons. The zero-order chi connectivity index (χ0) is 12.5. The lowest BCUT2D eigenvalue weighted by Gasteiger charge is -2.16. The molecule has 0 fully saturated rings. The number of ether oxygens (including phenoxy) is 1. The molecule has 2 rings (SSSR count). The minimum atomic E-state index is -1.32. The second-order valence-electron chi connectivity index (χ2n) is 5.38. The maximum Gasteiger partial charge on any atom is 0.306 e. The largest absolute Gasteiger partial charge is 0.466 e. The quantitative estimate of drug-likeness (QED) is 0.607. The van der Waals surface area contributed by atoms with Crippen LogP contribution in [0, 0.1) is 0 Å². The molecule has 1 unspecified atom stereocenters. The first kappa shape index (κ1) is 12.4. The van der Waals surface area contributed by atoms with Crippen molar-refractivity contribution in [2.45, 2.75) is 38.4 Å². The summed E-state index contributed by atoms with van der Waals surface area (Å²) in [6.45, 7) is 7.11. The number of esters is 1. The van der Waals surface area contributed by atoms with Crippen LogP contribution >= 0.6 is 0 Å². The van der Waals surface area contributed by atoms with Gasteiger partial charge in [-0.25, -0.2) is 0 Å². The molecule has 0 saturated heterocycles. The Labute approximate surface area is 104 Å². The first-order valence-electron chi connectivity index (χ1n) is 6.29. The van der Waals surface area contributed by atoms with Crippen LogP contribution in [0.1, 0.15) is 24.8 Å². The molecule has 0 radical (unpaired) electrons. The number of carbonyl (C=O) groups excluding carboxylic acids is 1. The number of benzene rings is 1. The van der Waals surface area contributed by atoms with Crippen LogP contribution in [0.25, 0.3) is 0 Å². The Hall–Kier alpha value is -1.09. The number of carbonyl (C=O) groups is 1. The molecule has 0 spiro atoms. The normalized spacial score (nSPS) is 21.0. The van der Waals surface area contributed by atoms with Gasteiger partial charge in [-0.05, 0) is 24.4 Å². The van der Waals surface area contributed by atoms with Gasteiger partial charge in [0.15, 0.2) is 0 Å². The predicted octanol–water partition coefficient (Wildman–Crippen LogP) is 2.65. The van der Waals surface area contributed by atoms with Crippen molar-refractivity contribution in [3.63, 3.8) is 0 Å². The van der Waals surface area contributed by atoms with E-state index in [1.807, 2.05) is 6.92 Å². The summed E-state index contributed by atoms with van der Waals surface area (Å²) in [5, 5.41) is 1.52. The molecule has 0 bridgehead atoms. The molecule has 3 heteroatoms. The molecule has 0 aromatic heterocycles. The summed E-state index contributed by atoms with van der Waals surface area (Å²) in [7, 11) is -1.32. The van der Waals surface area contributed by atoms with E-state index in [2.05, 4.69) is 37.4 Å². The molecule has 17 heavy (non-hydrogen) atoms. The van der Waals surface area contributed by atoms with Gasteiger partial charge in [-0.2, -0.15) is 0 Å². The van der Waals surface area contributed by atoms with Gasteiger partial charge in [-0.3, -0.25) is 4.79 Å². The van der Waals surface area contributed by atoms with E-state index >= 15 is 0 Å². The Morgan fingerprint density at radius 2 is 2.12 bits per heavy atom. The number of rotatable bonds is 3. The fourth-order valence-electron chi connectivity index (χ4n) is 2.91. The maximum atomic E-state index is 11.6. The standard InChI is InChI=1S/C14H20O2Si/c1-4-16-14(15)9-11-10-17(2,3)13-8-6-5-7-12(11)13/h5-8,11H,4,9-10H2,1-3H3. The van der Waals surface area contributed by atoms with Crippen molar-refractivity contribution >= 4 is 19.2 Å². The van der Waals surface area contributed by atoms with Gasteiger partial charge < -0.3 is 4.74 Å². The molecule has 1 heterocycles. The Bertz CT molecular complexity index is 426. The summed E-state index contributed by atoms with van der Waals surface area (Å²) >= 11 is 0. The van der Waals surface area contributed by atoms with Crippen LogP contribution in [0.4, 0.5) is 0 Å². The minimum absolute atomic E-state index is 0.0565. The molecule has 1 aliphatic heterocycles. The minimum Gasteiger partial charge on any atom is -0.466 e. The van der Waals surface area contributed by atoms with Gasteiger partial charge >= 0.3 is 5.97 Å². The van der Waals surface area contributed by atoms with E-state index in [4.69, 9.17) is 4.74 Å². The van der Waals surface area contributed by atoms with E-state index < -0.39 is 8.07 Å². The molecule has 1 aromatic rings. The topological polar surface area (TPSA) is 26.3 Å². The summed E-state index contributed by atoms with van der Waals surface area (Å²) in [5.41, 5.74) is 1.39. The zero-order valence-electron chi connectivity index (χ0n) is 10.8. The summed E-state index contributed by atoms with van der Waals surface area (Å²) in [4.78, 5) is 11.6. The van der Waals surface area contributed by atoms with E-state index in [-0.39, 0.29) is 5.97 Å².